The van der Waals surface area contributed by atoms with Crippen molar-refractivity contribution in [1.82, 2.24) is 0 Å². The van der Waals surface area contributed by atoms with Crippen LogP contribution < -0.4 is 14.8 Å². The van der Waals surface area contributed by atoms with Gasteiger partial charge in [-0.05, 0) is 13.8 Å². The van der Waals surface area contributed by atoms with Crippen LogP contribution in [0.15, 0.2) is 23.9 Å². The predicted octanol–water partition coefficient (Wildman–Crippen LogP) is 2.70. The third-order valence-corrected chi connectivity index (χ3v) is 2.42. The minimum absolute atomic E-state index is 0.0919. The van der Waals surface area contributed by atoms with Gasteiger partial charge in [-0.25, -0.2) is 0 Å². The van der Waals surface area contributed by atoms with Crippen molar-refractivity contribution in [1.29, 1.82) is 15.8 Å². The summed E-state index contributed by atoms with van der Waals surface area (Å²) >= 11 is 0. The Morgan fingerprint density at radius 1 is 1.10 bits per heavy atom. The van der Waals surface area contributed by atoms with Gasteiger partial charge in [0, 0.05) is 18.3 Å². The summed E-state index contributed by atoms with van der Waals surface area (Å²) in [7, 11) is 0. The van der Waals surface area contributed by atoms with Gasteiger partial charge in [0.2, 0.25) is 0 Å². The van der Waals surface area contributed by atoms with E-state index in [9.17, 15) is 5.26 Å². The molecule has 6 heteroatoms. The molecule has 0 unspecified atom stereocenters. The monoisotopic (exact) mass is 282 g/mol. The van der Waals surface area contributed by atoms with E-state index in [1.165, 1.54) is 6.20 Å². The zero-order valence-electron chi connectivity index (χ0n) is 11.8. The standard InChI is InChI=1S/C15H14N4O2/c1-3-20-14-5-12(9-18)13(6-15(14)21-4-2)19-10-11(7-16)8-17/h5-6,10,19H,3-4H2,1-2H3. The van der Waals surface area contributed by atoms with Crippen molar-refractivity contribution in [2.75, 3.05) is 18.5 Å². The smallest absolute Gasteiger partial charge is 0.163 e. The molecule has 0 aliphatic carbocycles. The van der Waals surface area contributed by atoms with Crippen LogP contribution in [0, 0.1) is 34.0 Å². The average Bonchev–Trinajstić information content (AvgIpc) is 2.50. The first-order valence-corrected chi connectivity index (χ1v) is 6.30. The van der Waals surface area contributed by atoms with Crippen LogP contribution in [0.25, 0.3) is 0 Å². The predicted molar refractivity (Wildman–Crippen MR) is 76.4 cm³/mol. The van der Waals surface area contributed by atoms with E-state index in [0.29, 0.717) is 36.0 Å². The summed E-state index contributed by atoms with van der Waals surface area (Å²) in [5.41, 5.74) is 0.673. The maximum atomic E-state index is 9.17. The molecule has 0 fully saturated rings. The van der Waals surface area contributed by atoms with Gasteiger partial charge in [0.05, 0.1) is 24.5 Å². The highest BCUT2D eigenvalue weighted by Crippen LogP contribution is 2.33. The Hall–Kier alpha value is -3.17. The van der Waals surface area contributed by atoms with Gasteiger partial charge in [0.25, 0.3) is 0 Å². The first-order chi connectivity index (χ1) is 10.2. The maximum Gasteiger partial charge on any atom is 0.163 e. The average molecular weight is 282 g/mol. The number of benzene rings is 1. The number of nitrogens with zero attached hydrogens (tertiary/aromatic N) is 3. The fourth-order valence-electron chi connectivity index (χ4n) is 1.55. The second-order valence-corrected chi connectivity index (χ2v) is 3.75. The van der Waals surface area contributed by atoms with Gasteiger partial charge in [-0.15, -0.1) is 0 Å². The third kappa shape index (κ3) is 4.16. The van der Waals surface area contributed by atoms with Crippen LogP contribution in [-0.2, 0) is 0 Å². The molecule has 0 heterocycles. The Balaban J connectivity index is 3.23. The maximum absolute atomic E-state index is 9.17. The lowest BCUT2D eigenvalue weighted by Crippen LogP contribution is -2.01. The SMILES string of the molecule is CCOc1cc(C#N)c(NC=C(C#N)C#N)cc1OCC. The fraction of sp³-hybridized carbons (Fsp3) is 0.267. The molecule has 0 saturated heterocycles. The number of nitriles is 3. The first kappa shape index (κ1) is 15.9. The van der Waals surface area contributed by atoms with Crippen LogP contribution in [0.3, 0.4) is 0 Å². The second-order valence-electron chi connectivity index (χ2n) is 3.75. The van der Waals surface area contributed by atoms with E-state index in [-0.39, 0.29) is 5.57 Å². The molecule has 106 valence electrons. The number of hydrogen-bond donors (Lipinski definition) is 1. The fourth-order valence-corrected chi connectivity index (χ4v) is 1.55. The van der Waals surface area contributed by atoms with Crippen molar-refractivity contribution in [3.63, 3.8) is 0 Å². The molecule has 0 aliphatic heterocycles. The highest BCUT2D eigenvalue weighted by molar-refractivity contribution is 5.66. The highest BCUT2D eigenvalue weighted by Gasteiger charge is 2.11. The Morgan fingerprint density at radius 3 is 2.14 bits per heavy atom. The molecule has 0 amide bonds. The molecule has 0 saturated carbocycles. The quantitative estimate of drug-likeness (QED) is 0.805. The summed E-state index contributed by atoms with van der Waals surface area (Å²) in [6, 6.07) is 8.66. The van der Waals surface area contributed by atoms with Gasteiger partial charge in [-0.1, -0.05) is 0 Å². The van der Waals surface area contributed by atoms with Crippen LogP contribution in [0.4, 0.5) is 5.69 Å². The van der Waals surface area contributed by atoms with E-state index in [2.05, 4.69) is 5.32 Å². The molecule has 0 atom stereocenters. The number of ether oxygens (including phenoxy) is 2. The van der Waals surface area contributed by atoms with E-state index in [1.807, 2.05) is 19.9 Å². The van der Waals surface area contributed by atoms with Crippen LogP contribution in [0.2, 0.25) is 0 Å². The molecule has 6 nitrogen and oxygen atoms in total. The molecular weight excluding hydrogens is 268 g/mol. The van der Waals surface area contributed by atoms with Gasteiger partial charge in [-0.2, -0.15) is 15.8 Å². The summed E-state index contributed by atoms with van der Waals surface area (Å²) in [6.07, 6.45) is 1.24. The van der Waals surface area contributed by atoms with Crippen LogP contribution in [0.1, 0.15) is 19.4 Å². The lowest BCUT2D eigenvalue weighted by molar-refractivity contribution is 0.288. The van der Waals surface area contributed by atoms with E-state index < -0.39 is 0 Å². The van der Waals surface area contributed by atoms with E-state index in [0.717, 1.165) is 0 Å². The third-order valence-electron chi connectivity index (χ3n) is 2.42. The topological polar surface area (TPSA) is 102 Å². The number of anilines is 1. The van der Waals surface area contributed by atoms with Crippen LogP contribution >= 0.6 is 0 Å². The van der Waals surface area contributed by atoms with Crippen LogP contribution in [-0.4, -0.2) is 13.2 Å². The molecule has 1 aromatic rings. The number of rotatable bonds is 6. The molecule has 1 N–H and O–H groups in total. The molecule has 1 aromatic carbocycles. The van der Waals surface area contributed by atoms with Gasteiger partial charge < -0.3 is 14.8 Å². The zero-order valence-corrected chi connectivity index (χ0v) is 11.8. The molecule has 0 bridgehead atoms. The Morgan fingerprint density at radius 2 is 1.67 bits per heavy atom. The molecule has 0 spiro atoms. The van der Waals surface area contributed by atoms with Crippen molar-refractivity contribution < 1.29 is 9.47 Å². The molecule has 21 heavy (non-hydrogen) atoms. The largest absolute Gasteiger partial charge is 0.490 e. The Kier molecular flexibility index (Phi) is 6.12. The lowest BCUT2D eigenvalue weighted by Gasteiger charge is -2.13. The van der Waals surface area contributed by atoms with Crippen molar-refractivity contribution in [2.45, 2.75) is 13.8 Å². The summed E-state index contributed by atoms with van der Waals surface area (Å²) in [4.78, 5) is 0. The minimum atomic E-state index is -0.0919. The molecular formula is C15H14N4O2. The zero-order chi connectivity index (χ0) is 15.7. The normalized spacial score (nSPS) is 8.71. The summed E-state index contributed by atoms with van der Waals surface area (Å²) in [5, 5.41) is 29.3. The molecule has 0 radical (unpaired) electrons. The highest BCUT2D eigenvalue weighted by atomic mass is 16.5. The summed E-state index contributed by atoms with van der Waals surface area (Å²) in [6.45, 7) is 4.57. The Bertz CT molecular complexity index is 644. The van der Waals surface area contributed by atoms with E-state index >= 15 is 0 Å². The summed E-state index contributed by atoms with van der Waals surface area (Å²) in [5.74, 6) is 0.968. The first-order valence-electron chi connectivity index (χ1n) is 6.30. The van der Waals surface area contributed by atoms with Gasteiger partial charge in [0.15, 0.2) is 11.5 Å². The minimum Gasteiger partial charge on any atom is -0.490 e. The summed E-state index contributed by atoms with van der Waals surface area (Å²) < 4.78 is 10.9. The van der Waals surface area contributed by atoms with E-state index in [4.69, 9.17) is 20.0 Å². The molecule has 0 aliphatic rings. The van der Waals surface area contributed by atoms with Crippen molar-refractivity contribution in [3.05, 3.63) is 29.5 Å². The van der Waals surface area contributed by atoms with Crippen molar-refractivity contribution in [2.24, 2.45) is 0 Å². The van der Waals surface area contributed by atoms with Gasteiger partial charge in [0.1, 0.15) is 23.8 Å². The number of hydrogen-bond acceptors (Lipinski definition) is 6. The van der Waals surface area contributed by atoms with Crippen LogP contribution in [0.5, 0.6) is 11.5 Å². The Labute approximate surface area is 123 Å². The van der Waals surface area contributed by atoms with Crippen molar-refractivity contribution >= 4 is 5.69 Å². The van der Waals surface area contributed by atoms with Gasteiger partial charge in [-0.3, -0.25) is 0 Å². The molecule has 0 aromatic heterocycles. The number of allylic oxidation sites excluding steroid dienone is 1. The van der Waals surface area contributed by atoms with Gasteiger partial charge >= 0.3 is 0 Å². The van der Waals surface area contributed by atoms with Crippen molar-refractivity contribution in [3.8, 4) is 29.7 Å². The second kappa shape index (κ2) is 8.09. The lowest BCUT2D eigenvalue weighted by atomic mass is 10.1. The number of nitrogens with one attached hydrogen (secondary N) is 1. The van der Waals surface area contributed by atoms with E-state index in [1.54, 1.807) is 24.3 Å². The molecule has 1 rings (SSSR count).